The molecule has 0 aliphatic rings. The lowest BCUT2D eigenvalue weighted by atomic mass is 10.3. The fraction of sp³-hybridized carbons (Fsp3) is 0.231. The van der Waals surface area contributed by atoms with Gasteiger partial charge in [-0.05, 0) is 12.1 Å². The molecule has 0 saturated heterocycles. The van der Waals surface area contributed by atoms with Crippen LogP contribution in [0, 0.1) is 5.82 Å². The number of aryl methyl sites for hydroxylation is 1. The molecule has 0 radical (unpaired) electrons. The molecule has 19 heavy (non-hydrogen) atoms. The van der Waals surface area contributed by atoms with E-state index in [1.54, 1.807) is 23.6 Å². The van der Waals surface area contributed by atoms with Gasteiger partial charge in [0.1, 0.15) is 16.3 Å². The summed E-state index contributed by atoms with van der Waals surface area (Å²) in [5.41, 5.74) is 1.19. The maximum absolute atomic E-state index is 13.8. The summed E-state index contributed by atoms with van der Waals surface area (Å²) in [6.45, 7) is 0.601. The minimum atomic E-state index is -0.300. The molecule has 2 heterocycles. The maximum atomic E-state index is 13.8. The number of aromatic nitrogens is 3. The van der Waals surface area contributed by atoms with E-state index in [1.807, 2.05) is 16.0 Å². The van der Waals surface area contributed by atoms with E-state index in [4.69, 9.17) is 11.6 Å². The number of thiazole rings is 1. The molecule has 0 aliphatic carbocycles. The standard InChI is InChI=1S/C13H11ClFN3S/c14-5-4-11-17-13-9(15)2-1-3-10(13)18(11)8-12-16-6-7-19-12/h1-3,6-7H,4-5,8H2. The first kappa shape index (κ1) is 12.6. The average molecular weight is 296 g/mol. The smallest absolute Gasteiger partial charge is 0.151 e. The van der Waals surface area contributed by atoms with Crippen LogP contribution in [0.2, 0.25) is 0 Å². The molecule has 0 N–H and O–H groups in total. The number of alkyl halides is 1. The van der Waals surface area contributed by atoms with E-state index in [9.17, 15) is 4.39 Å². The van der Waals surface area contributed by atoms with Crippen LogP contribution in [-0.4, -0.2) is 20.4 Å². The molecular formula is C13H11ClFN3S. The normalized spacial score (nSPS) is 11.3. The predicted molar refractivity (Wildman–Crippen MR) is 75.3 cm³/mol. The fourth-order valence-electron chi connectivity index (χ4n) is 2.08. The van der Waals surface area contributed by atoms with Crippen molar-refractivity contribution in [3.8, 4) is 0 Å². The Labute approximate surface area is 118 Å². The third kappa shape index (κ3) is 2.35. The number of rotatable bonds is 4. The lowest BCUT2D eigenvalue weighted by molar-refractivity contribution is 0.637. The Balaban J connectivity index is 2.13. The number of hydrogen-bond donors (Lipinski definition) is 0. The minimum absolute atomic E-state index is 0.300. The Bertz CT molecular complexity index is 693. The second-order valence-corrected chi connectivity index (χ2v) is 5.44. The zero-order valence-electron chi connectivity index (χ0n) is 10.0. The van der Waals surface area contributed by atoms with Gasteiger partial charge in [-0.2, -0.15) is 0 Å². The van der Waals surface area contributed by atoms with Crippen LogP contribution in [0.5, 0.6) is 0 Å². The van der Waals surface area contributed by atoms with E-state index in [0.717, 1.165) is 16.3 Å². The summed E-state index contributed by atoms with van der Waals surface area (Å²) in [5.74, 6) is 0.958. The van der Waals surface area contributed by atoms with Crippen LogP contribution in [0.4, 0.5) is 4.39 Å². The third-order valence-electron chi connectivity index (χ3n) is 2.90. The van der Waals surface area contributed by atoms with Gasteiger partial charge < -0.3 is 4.57 Å². The van der Waals surface area contributed by atoms with E-state index in [0.29, 0.717) is 24.4 Å². The molecular weight excluding hydrogens is 285 g/mol. The van der Waals surface area contributed by atoms with Crippen LogP contribution >= 0.6 is 22.9 Å². The topological polar surface area (TPSA) is 30.7 Å². The van der Waals surface area contributed by atoms with Crippen molar-refractivity contribution < 1.29 is 4.39 Å². The van der Waals surface area contributed by atoms with Crippen molar-refractivity contribution in [3.05, 3.63) is 46.4 Å². The molecule has 0 spiro atoms. The van der Waals surface area contributed by atoms with Crippen molar-refractivity contribution in [2.24, 2.45) is 0 Å². The number of hydrogen-bond acceptors (Lipinski definition) is 3. The second kappa shape index (κ2) is 5.27. The van der Waals surface area contributed by atoms with Crippen molar-refractivity contribution in [2.45, 2.75) is 13.0 Å². The highest BCUT2D eigenvalue weighted by molar-refractivity contribution is 7.09. The minimum Gasteiger partial charge on any atom is -0.321 e. The number of nitrogens with zero attached hydrogens (tertiary/aromatic N) is 3. The zero-order chi connectivity index (χ0) is 13.2. The molecule has 3 nitrogen and oxygen atoms in total. The van der Waals surface area contributed by atoms with Gasteiger partial charge >= 0.3 is 0 Å². The molecule has 0 atom stereocenters. The first-order valence-electron chi connectivity index (χ1n) is 5.87. The van der Waals surface area contributed by atoms with Gasteiger partial charge in [-0.3, -0.25) is 0 Å². The van der Waals surface area contributed by atoms with Crippen molar-refractivity contribution in [2.75, 3.05) is 5.88 Å². The van der Waals surface area contributed by atoms with Gasteiger partial charge in [0.05, 0.1) is 12.1 Å². The van der Waals surface area contributed by atoms with E-state index >= 15 is 0 Å². The molecule has 1 aromatic carbocycles. The molecule has 98 valence electrons. The summed E-state index contributed by atoms with van der Waals surface area (Å²) in [4.78, 5) is 8.63. The molecule has 0 amide bonds. The van der Waals surface area contributed by atoms with Crippen LogP contribution in [0.15, 0.2) is 29.8 Å². The number of fused-ring (bicyclic) bond motifs is 1. The molecule has 0 aliphatic heterocycles. The first-order chi connectivity index (χ1) is 9.29. The molecule has 0 fully saturated rings. The van der Waals surface area contributed by atoms with Crippen molar-refractivity contribution in [1.29, 1.82) is 0 Å². The maximum Gasteiger partial charge on any atom is 0.151 e. The third-order valence-corrected chi connectivity index (χ3v) is 3.86. The summed E-state index contributed by atoms with van der Waals surface area (Å²) in [5, 5.41) is 2.90. The predicted octanol–water partition coefficient (Wildman–Crippen LogP) is 3.46. The van der Waals surface area contributed by atoms with E-state index in [-0.39, 0.29) is 5.82 Å². The van der Waals surface area contributed by atoms with E-state index < -0.39 is 0 Å². The molecule has 3 rings (SSSR count). The van der Waals surface area contributed by atoms with Crippen molar-refractivity contribution in [3.63, 3.8) is 0 Å². The number of halogens is 2. The van der Waals surface area contributed by atoms with Gasteiger partial charge in [-0.15, -0.1) is 22.9 Å². The summed E-state index contributed by atoms with van der Waals surface area (Å²) < 4.78 is 15.8. The summed E-state index contributed by atoms with van der Waals surface area (Å²) in [6, 6.07) is 4.99. The Kier molecular flexibility index (Phi) is 3.48. The van der Waals surface area contributed by atoms with Crippen LogP contribution in [-0.2, 0) is 13.0 Å². The Morgan fingerprint density at radius 2 is 2.26 bits per heavy atom. The van der Waals surface area contributed by atoms with Gasteiger partial charge in [0, 0.05) is 23.9 Å². The summed E-state index contributed by atoms with van der Waals surface area (Å²) in [7, 11) is 0. The Morgan fingerprint density at radius 3 is 3.00 bits per heavy atom. The SMILES string of the molecule is Fc1cccc2c1nc(CCCl)n2Cc1nccs1. The Hall–Kier alpha value is -1.46. The fourth-order valence-corrected chi connectivity index (χ4v) is 2.85. The highest BCUT2D eigenvalue weighted by atomic mass is 35.5. The van der Waals surface area contributed by atoms with Crippen LogP contribution in [0.1, 0.15) is 10.8 Å². The molecule has 0 bridgehead atoms. The van der Waals surface area contributed by atoms with Crippen molar-refractivity contribution in [1.82, 2.24) is 14.5 Å². The Morgan fingerprint density at radius 1 is 1.37 bits per heavy atom. The highest BCUT2D eigenvalue weighted by Crippen LogP contribution is 2.21. The van der Waals surface area contributed by atoms with Gasteiger partial charge in [-0.25, -0.2) is 14.4 Å². The zero-order valence-corrected chi connectivity index (χ0v) is 11.6. The van der Waals surface area contributed by atoms with Crippen LogP contribution < -0.4 is 0 Å². The molecule has 0 unspecified atom stereocenters. The molecule has 3 aromatic rings. The monoisotopic (exact) mass is 295 g/mol. The first-order valence-corrected chi connectivity index (χ1v) is 7.29. The summed E-state index contributed by atoms with van der Waals surface area (Å²) in [6.07, 6.45) is 2.38. The van der Waals surface area contributed by atoms with Gasteiger partial charge in [0.15, 0.2) is 5.82 Å². The number of para-hydroxylation sites is 1. The van der Waals surface area contributed by atoms with Crippen molar-refractivity contribution >= 4 is 34.0 Å². The lowest BCUT2D eigenvalue weighted by Gasteiger charge is -2.06. The lowest BCUT2D eigenvalue weighted by Crippen LogP contribution is -2.05. The van der Waals surface area contributed by atoms with E-state index in [1.165, 1.54) is 6.07 Å². The van der Waals surface area contributed by atoms with Gasteiger partial charge in [-0.1, -0.05) is 6.07 Å². The van der Waals surface area contributed by atoms with Crippen LogP contribution in [0.3, 0.4) is 0 Å². The second-order valence-electron chi connectivity index (χ2n) is 4.09. The van der Waals surface area contributed by atoms with Crippen LogP contribution in [0.25, 0.3) is 11.0 Å². The quantitative estimate of drug-likeness (QED) is 0.690. The summed E-state index contributed by atoms with van der Waals surface area (Å²) >= 11 is 7.37. The molecule has 6 heteroatoms. The number of benzene rings is 1. The molecule has 2 aromatic heterocycles. The number of imidazole rings is 1. The van der Waals surface area contributed by atoms with Gasteiger partial charge in [0.2, 0.25) is 0 Å². The highest BCUT2D eigenvalue weighted by Gasteiger charge is 2.14. The average Bonchev–Trinajstić information content (AvgIpc) is 3.01. The molecule has 0 saturated carbocycles. The van der Waals surface area contributed by atoms with Gasteiger partial charge in [0.25, 0.3) is 0 Å². The largest absolute Gasteiger partial charge is 0.321 e. The van der Waals surface area contributed by atoms with E-state index in [2.05, 4.69) is 9.97 Å².